The van der Waals surface area contributed by atoms with Crippen LogP contribution in [-0.4, -0.2) is 6.18 Å². The summed E-state index contributed by atoms with van der Waals surface area (Å²) in [6, 6.07) is 50.6. The van der Waals surface area contributed by atoms with Gasteiger partial charge in [-0.3, -0.25) is 0 Å². The molecule has 0 radical (unpaired) electrons. The van der Waals surface area contributed by atoms with Gasteiger partial charge in [-0.25, -0.2) is 0 Å². The van der Waals surface area contributed by atoms with E-state index in [1.807, 2.05) is 37.3 Å². The molecule has 4 aliphatic rings. The van der Waals surface area contributed by atoms with Crippen LogP contribution in [0, 0.1) is 6.92 Å². The number of alkyl halides is 3. The third-order valence-corrected chi connectivity index (χ3v) is 16.6. The first-order valence-corrected chi connectivity index (χ1v) is 23.8. The monoisotopic (exact) mass is 856 g/mol. The Morgan fingerprint density at radius 2 is 0.754 bits per heavy atom. The molecule has 0 saturated heterocycles. The molecule has 0 saturated carbocycles. The molecule has 324 valence electrons. The second kappa shape index (κ2) is 14.9. The van der Waals surface area contributed by atoms with E-state index in [-0.39, 0.29) is 10.8 Å². The first-order valence-electron chi connectivity index (χ1n) is 23.8. The van der Waals surface area contributed by atoms with Gasteiger partial charge in [0.15, 0.2) is 0 Å². The molecular weight excluding hydrogens is 802 g/mol. The molecule has 0 N–H and O–H groups in total. The highest BCUT2D eigenvalue weighted by Gasteiger charge is 2.58. The van der Waals surface area contributed by atoms with Crippen molar-refractivity contribution in [2.45, 2.75) is 102 Å². The van der Waals surface area contributed by atoms with Gasteiger partial charge in [0.1, 0.15) is 5.41 Å². The van der Waals surface area contributed by atoms with Crippen molar-refractivity contribution < 1.29 is 13.2 Å². The number of hydrogen-bond acceptors (Lipinski definition) is 0. The zero-order valence-electron chi connectivity index (χ0n) is 38.3. The Kier molecular flexibility index (Phi) is 9.53. The molecule has 4 aliphatic carbocycles. The minimum absolute atomic E-state index is 0.0503. The van der Waals surface area contributed by atoms with E-state index in [4.69, 9.17) is 0 Å². The largest absolute Gasteiger partial charge is 0.402 e. The normalized spacial score (nSPS) is 18.2. The molecule has 0 aromatic heterocycles. The maximum absolute atomic E-state index is 15.0. The van der Waals surface area contributed by atoms with Gasteiger partial charge in [-0.05, 0) is 188 Å². The lowest BCUT2D eigenvalue weighted by Gasteiger charge is -2.31. The molecule has 11 rings (SSSR count). The van der Waals surface area contributed by atoms with E-state index in [1.54, 1.807) is 6.07 Å². The predicted molar refractivity (Wildman–Crippen MR) is 265 cm³/mol. The van der Waals surface area contributed by atoms with Crippen molar-refractivity contribution in [3.05, 3.63) is 202 Å². The van der Waals surface area contributed by atoms with E-state index in [9.17, 15) is 13.2 Å². The molecule has 0 fully saturated rings. The summed E-state index contributed by atoms with van der Waals surface area (Å²) in [7, 11) is 0. The van der Waals surface area contributed by atoms with Crippen molar-refractivity contribution in [2.75, 3.05) is 0 Å². The van der Waals surface area contributed by atoms with Gasteiger partial charge in [0.2, 0.25) is 0 Å². The Morgan fingerprint density at radius 1 is 0.400 bits per heavy atom. The fourth-order valence-corrected chi connectivity index (χ4v) is 12.7. The van der Waals surface area contributed by atoms with Gasteiger partial charge in [-0.15, -0.1) is 0 Å². The van der Waals surface area contributed by atoms with Crippen LogP contribution in [0.4, 0.5) is 13.2 Å². The molecule has 1 atom stereocenters. The highest BCUT2D eigenvalue weighted by Crippen LogP contribution is 2.58. The average molecular weight is 857 g/mol. The molecule has 3 heteroatoms. The maximum atomic E-state index is 15.0. The second-order valence-electron chi connectivity index (χ2n) is 19.3. The summed E-state index contributed by atoms with van der Waals surface area (Å²) >= 11 is 0. The highest BCUT2D eigenvalue weighted by atomic mass is 19.4. The zero-order chi connectivity index (χ0) is 45.0. The summed E-state index contributed by atoms with van der Waals surface area (Å²) in [6.07, 6.45) is 5.66. The minimum Gasteiger partial charge on any atom is -0.170 e. The summed E-state index contributed by atoms with van der Waals surface area (Å²) in [6.45, 7) is 12.5. The fraction of sp³-hybridized carbons (Fsp3) is 0.258. The molecule has 7 aromatic rings. The van der Waals surface area contributed by atoms with Crippen LogP contribution in [0.1, 0.15) is 123 Å². The summed E-state index contributed by atoms with van der Waals surface area (Å²) in [5.74, 6) is 0. The number of allylic oxidation sites excluding steroid dienone is 4. The van der Waals surface area contributed by atoms with Crippen molar-refractivity contribution in [1.82, 2.24) is 0 Å². The van der Waals surface area contributed by atoms with Gasteiger partial charge < -0.3 is 0 Å². The Morgan fingerprint density at radius 3 is 1.22 bits per heavy atom. The third kappa shape index (κ3) is 5.89. The van der Waals surface area contributed by atoms with Gasteiger partial charge in [0.25, 0.3) is 0 Å². The molecule has 65 heavy (non-hydrogen) atoms. The molecular formula is C62H55F3. The Bertz CT molecular complexity index is 3140. The van der Waals surface area contributed by atoms with Crippen molar-refractivity contribution in [3.63, 3.8) is 0 Å². The smallest absolute Gasteiger partial charge is 0.170 e. The van der Waals surface area contributed by atoms with Crippen LogP contribution in [0.5, 0.6) is 0 Å². The quantitative estimate of drug-likeness (QED) is 0.143. The standard InChI is InChI=1S/C62H55F3/c1-7-60(8-2)53-14-12-11-13-47(53)50-30-25-44(35-56(50)60)40-20-22-42(23-21-40)46-27-32-52-51-31-26-45(36-57(51)61(9-3,10-4)58(52)37-46)41-18-16-39(17-19-41)43-24-29-49-48-28-15-38(5)33-54(48)59(6,55(49)34-43)62(63,64)65/h11-16,18,20-37H,7-10,17,19H2,1-6H3. The highest BCUT2D eigenvalue weighted by molar-refractivity contribution is 5.89. The number of aryl methyl sites for hydroxylation is 1. The molecule has 0 heterocycles. The second-order valence-corrected chi connectivity index (χ2v) is 19.3. The Labute approximate surface area is 382 Å². The SMILES string of the molecule is CCC1(CC)c2ccccc2-c2ccc(-c3ccc(-c4ccc5c(c4)C(CC)(CC)c4cc(C6=CC=C(c7ccc8c(c7)C(C)(C(F)(F)F)c7cc(C)ccc7-8)CC6)ccc4-5)cc3)cc21. The van der Waals surface area contributed by atoms with Crippen LogP contribution >= 0.6 is 0 Å². The summed E-state index contributed by atoms with van der Waals surface area (Å²) in [5.41, 5.74) is 21.3. The summed E-state index contributed by atoms with van der Waals surface area (Å²) < 4.78 is 44.9. The number of rotatable bonds is 8. The van der Waals surface area contributed by atoms with Gasteiger partial charge in [-0.2, -0.15) is 13.2 Å². The van der Waals surface area contributed by atoms with E-state index in [0.29, 0.717) is 22.3 Å². The van der Waals surface area contributed by atoms with E-state index < -0.39 is 11.6 Å². The van der Waals surface area contributed by atoms with Crippen LogP contribution in [0.25, 0.3) is 66.8 Å². The van der Waals surface area contributed by atoms with Gasteiger partial charge in [-0.1, -0.05) is 161 Å². The van der Waals surface area contributed by atoms with Crippen LogP contribution in [0.2, 0.25) is 0 Å². The Balaban J connectivity index is 0.879. The molecule has 0 bridgehead atoms. The molecule has 0 amide bonds. The summed E-state index contributed by atoms with van der Waals surface area (Å²) in [5, 5.41) is 0. The number of hydrogen-bond donors (Lipinski definition) is 0. The molecule has 7 aromatic carbocycles. The van der Waals surface area contributed by atoms with E-state index in [2.05, 4.69) is 143 Å². The Hall–Kier alpha value is -6.19. The first-order chi connectivity index (χ1) is 31.4. The van der Waals surface area contributed by atoms with Gasteiger partial charge in [0, 0.05) is 10.8 Å². The topological polar surface area (TPSA) is 0 Å². The number of fused-ring (bicyclic) bond motifs is 9. The maximum Gasteiger partial charge on any atom is 0.402 e. The summed E-state index contributed by atoms with van der Waals surface area (Å²) in [4.78, 5) is 0. The molecule has 0 spiro atoms. The molecule has 0 aliphatic heterocycles. The average Bonchev–Trinajstić information content (AvgIpc) is 3.89. The zero-order valence-corrected chi connectivity index (χ0v) is 38.3. The minimum atomic E-state index is -4.42. The fourth-order valence-electron chi connectivity index (χ4n) is 12.7. The van der Waals surface area contributed by atoms with Crippen LogP contribution in [0.3, 0.4) is 0 Å². The van der Waals surface area contributed by atoms with Crippen molar-refractivity contribution in [3.8, 4) is 55.6 Å². The van der Waals surface area contributed by atoms with Gasteiger partial charge in [0.05, 0.1) is 0 Å². The van der Waals surface area contributed by atoms with Gasteiger partial charge >= 0.3 is 6.18 Å². The lowest BCUT2D eigenvalue weighted by Crippen LogP contribution is -2.39. The third-order valence-electron chi connectivity index (χ3n) is 16.6. The number of halogens is 3. The lowest BCUT2D eigenvalue weighted by atomic mass is 9.73. The first kappa shape index (κ1) is 41.5. The van der Waals surface area contributed by atoms with Crippen molar-refractivity contribution >= 4 is 11.1 Å². The molecule has 0 nitrogen and oxygen atoms in total. The van der Waals surface area contributed by atoms with E-state index in [0.717, 1.165) is 55.2 Å². The van der Waals surface area contributed by atoms with Crippen LogP contribution in [0.15, 0.2) is 152 Å². The number of benzene rings is 7. The van der Waals surface area contributed by atoms with Crippen molar-refractivity contribution in [1.29, 1.82) is 0 Å². The van der Waals surface area contributed by atoms with E-state index in [1.165, 1.54) is 84.8 Å². The van der Waals surface area contributed by atoms with Crippen LogP contribution in [-0.2, 0) is 16.2 Å². The van der Waals surface area contributed by atoms with Crippen molar-refractivity contribution in [2.24, 2.45) is 0 Å². The van der Waals surface area contributed by atoms with E-state index >= 15 is 0 Å². The lowest BCUT2D eigenvalue weighted by molar-refractivity contribution is -0.172. The predicted octanol–water partition coefficient (Wildman–Crippen LogP) is 17.6. The molecule has 1 unspecified atom stereocenters. The van der Waals surface area contributed by atoms with Crippen LogP contribution < -0.4 is 0 Å².